The summed E-state index contributed by atoms with van der Waals surface area (Å²) in [6, 6.07) is 0.586. The van der Waals surface area contributed by atoms with Gasteiger partial charge in [0.15, 0.2) is 0 Å². The maximum atomic E-state index is 5.78. The molecule has 0 rings (SSSR count). The fourth-order valence-corrected chi connectivity index (χ4v) is 0.582. The number of hydrogen-bond acceptors (Lipinski definition) is 2. The quantitative estimate of drug-likeness (QED) is 0.620. The number of nitrogens with two attached hydrogens (primary N) is 1. The zero-order valence-corrected chi connectivity index (χ0v) is 7.57. The first-order valence-corrected chi connectivity index (χ1v) is 3.98. The van der Waals surface area contributed by atoms with Crippen molar-refractivity contribution in [3.8, 4) is 0 Å². The van der Waals surface area contributed by atoms with Crippen LogP contribution in [0.15, 0.2) is 0 Å². The van der Waals surface area contributed by atoms with Crippen LogP contribution in [0, 0.1) is 0 Å². The highest BCUT2D eigenvalue weighted by atomic mass is 14.9. The summed E-state index contributed by atoms with van der Waals surface area (Å²) >= 11 is 0. The lowest BCUT2D eigenvalue weighted by molar-refractivity contribution is 0.423. The van der Waals surface area contributed by atoms with E-state index in [1.165, 1.54) is 0 Å². The first kappa shape index (κ1) is 9.92. The highest BCUT2D eigenvalue weighted by molar-refractivity contribution is 4.76. The van der Waals surface area contributed by atoms with Gasteiger partial charge >= 0.3 is 0 Å². The van der Waals surface area contributed by atoms with Crippen LogP contribution in [-0.2, 0) is 0 Å². The summed E-state index contributed by atoms with van der Waals surface area (Å²) in [4.78, 5) is 0. The molecule has 0 aliphatic rings. The zero-order chi connectivity index (χ0) is 8.20. The van der Waals surface area contributed by atoms with Crippen molar-refractivity contribution in [1.82, 2.24) is 5.32 Å². The number of nitrogens with one attached hydrogen (secondary N) is 1. The monoisotopic (exact) mass is 144 g/mol. The fourth-order valence-electron chi connectivity index (χ4n) is 0.582. The molecule has 0 aromatic heterocycles. The topological polar surface area (TPSA) is 38.0 Å². The second kappa shape index (κ2) is 3.94. The molecule has 2 heteroatoms. The first-order chi connectivity index (χ1) is 4.45. The Kier molecular flexibility index (Phi) is 3.91. The Balaban J connectivity index is 3.36. The molecule has 0 radical (unpaired) electrons. The van der Waals surface area contributed by atoms with Gasteiger partial charge in [-0.25, -0.2) is 0 Å². The molecule has 0 saturated heterocycles. The van der Waals surface area contributed by atoms with Gasteiger partial charge in [0.1, 0.15) is 0 Å². The van der Waals surface area contributed by atoms with Crippen molar-refractivity contribution in [2.24, 2.45) is 5.73 Å². The van der Waals surface area contributed by atoms with Gasteiger partial charge in [-0.1, -0.05) is 6.92 Å². The normalized spacial score (nSPS) is 15.3. The molecule has 0 aromatic rings. The highest BCUT2D eigenvalue weighted by Gasteiger charge is 2.10. The van der Waals surface area contributed by atoms with Crippen LogP contribution in [0.1, 0.15) is 34.1 Å². The van der Waals surface area contributed by atoms with E-state index in [1.54, 1.807) is 0 Å². The number of hydrogen-bond donors (Lipinski definition) is 2. The van der Waals surface area contributed by atoms with Gasteiger partial charge in [0.25, 0.3) is 0 Å². The molecule has 0 bridgehead atoms. The third-order valence-electron chi connectivity index (χ3n) is 1.52. The zero-order valence-electron chi connectivity index (χ0n) is 7.57. The van der Waals surface area contributed by atoms with E-state index in [0.717, 1.165) is 13.0 Å². The third kappa shape index (κ3) is 6.05. The van der Waals surface area contributed by atoms with Crippen LogP contribution in [0.2, 0.25) is 0 Å². The van der Waals surface area contributed by atoms with Crippen LogP contribution in [0.3, 0.4) is 0 Å². The molecule has 0 aliphatic heterocycles. The molecule has 2 nitrogen and oxygen atoms in total. The predicted octanol–water partition coefficient (Wildman–Crippen LogP) is 1.11. The van der Waals surface area contributed by atoms with Gasteiger partial charge in [-0.3, -0.25) is 0 Å². The molecule has 10 heavy (non-hydrogen) atoms. The van der Waals surface area contributed by atoms with Crippen molar-refractivity contribution in [3.63, 3.8) is 0 Å². The van der Waals surface area contributed by atoms with Crippen LogP contribution < -0.4 is 11.1 Å². The second-order valence-corrected chi connectivity index (χ2v) is 3.68. The Hall–Kier alpha value is -0.0800. The van der Waals surface area contributed by atoms with Crippen molar-refractivity contribution < 1.29 is 0 Å². The Bertz CT molecular complexity index is 83.7. The lowest BCUT2D eigenvalue weighted by Crippen LogP contribution is -2.45. The van der Waals surface area contributed by atoms with Crippen LogP contribution in [0.4, 0.5) is 0 Å². The molecular formula is C8H20N2. The molecular weight excluding hydrogens is 124 g/mol. The van der Waals surface area contributed by atoms with Crippen LogP contribution in [0.5, 0.6) is 0 Å². The molecule has 0 aromatic carbocycles. The molecule has 1 unspecified atom stereocenters. The molecule has 0 heterocycles. The van der Waals surface area contributed by atoms with E-state index in [9.17, 15) is 0 Å². The van der Waals surface area contributed by atoms with Crippen LogP contribution in [0.25, 0.3) is 0 Å². The maximum absolute atomic E-state index is 5.78. The van der Waals surface area contributed by atoms with Gasteiger partial charge in [0.05, 0.1) is 0 Å². The summed E-state index contributed by atoms with van der Waals surface area (Å²) in [6.45, 7) is 9.29. The fraction of sp³-hybridized carbons (Fsp3) is 1.00. The average Bonchev–Trinajstić information content (AvgIpc) is 1.81. The lowest BCUT2D eigenvalue weighted by Gasteiger charge is -2.21. The molecule has 62 valence electrons. The smallest absolute Gasteiger partial charge is 0.0223 e. The molecule has 3 N–H and O–H groups in total. The van der Waals surface area contributed by atoms with E-state index < -0.39 is 0 Å². The van der Waals surface area contributed by atoms with E-state index >= 15 is 0 Å². The van der Waals surface area contributed by atoms with Crippen molar-refractivity contribution in [1.29, 1.82) is 0 Å². The van der Waals surface area contributed by atoms with Gasteiger partial charge in [-0.15, -0.1) is 0 Å². The second-order valence-electron chi connectivity index (χ2n) is 3.68. The van der Waals surface area contributed by atoms with Gasteiger partial charge in [-0.2, -0.15) is 0 Å². The Morgan fingerprint density at radius 1 is 1.50 bits per heavy atom. The van der Waals surface area contributed by atoms with E-state index in [-0.39, 0.29) is 5.54 Å². The van der Waals surface area contributed by atoms with Gasteiger partial charge in [0, 0.05) is 18.1 Å². The van der Waals surface area contributed by atoms with E-state index in [0.29, 0.717) is 6.04 Å². The Morgan fingerprint density at radius 2 is 2.00 bits per heavy atom. The average molecular weight is 144 g/mol. The van der Waals surface area contributed by atoms with Gasteiger partial charge in [0.2, 0.25) is 0 Å². The molecule has 0 aliphatic carbocycles. The molecule has 0 amide bonds. The summed E-state index contributed by atoms with van der Waals surface area (Å²) < 4.78 is 0. The lowest BCUT2D eigenvalue weighted by atomic mass is 10.1. The highest BCUT2D eigenvalue weighted by Crippen LogP contribution is 1.95. The van der Waals surface area contributed by atoms with Crippen LogP contribution in [-0.4, -0.2) is 18.1 Å². The summed E-state index contributed by atoms with van der Waals surface area (Å²) in [5.41, 5.74) is 5.70. The standard InChI is InChI=1S/C8H20N2/c1-5-7(2)10-6-8(3,4)9/h7,10H,5-6,9H2,1-4H3. The van der Waals surface area contributed by atoms with Crippen LogP contribution >= 0.6 is 0 Å². The minimum atomic E-state index is -0.0799. The summed E-state index contributed by atoms with van der Waals surface area (Å²) in [7, 11) is 0. The van der Waals surface area contributed by atoms with Gasteiger partial charge < -0.3 is 11.1 Å². The Labute approximate surface area is 64.2 Å². The molecule has 0 fully saturated rings. The largest absolute Gasteiger partial charge is 0.324 e. The minimum absolute atomic E-state index is 0.0799. The van der Waals surface area contributed by atoms with E-state index in [2.05, 4.69) is 19.2 Å². The molecule has 0 spiro atoms. The van der Waals surface area contributed by atoms with E-state index in [1.807, 2.05) is 13.8 Å². The first-order valence-electron chi connectivity index (χ1n) is 3.98. The predicted molar refractivity (Wildman–Crippen MR) is 46.0 cm³/mol. The number of rotatable bonds is 4. The molecule has 1 atom stereocenters. The maximum Gasteiger partial charge on any atom is 0.0223 e. The molecule has 0 saturated carbocycles. The van der Waals surface area contributed by atoms with Crippen molar-refractivity contribution in [2.45, 2.75) is 45.7 Å². The van der Waals surface area contributed by atoms with E-state index in [4.69, 9.17) is 5.73 Å². The Morgan fingerprint density at radius 3 is 2.30 bits per heavy atom. The van der Waals surface area contributed by atoms with Crippen molar-refractivity contribution in [3.05, 3.63) is 0 Å². The van der Waals surface area contributed by atoms with Crippen molar-refractivity contribution in [2.75, 3.05) is 6.54 Å². The summed E-state index contributed by atoms with van der Waals surface area (Å²) in [5.74, 6) is 0. The third-order valence-corrected chi connectivity index (χ3v) is 1.52. The SMILES string of the molecule is CCC(C)NCC(C)(C)N. The summed E-state index contributed by atoms with van der Waals surface area (Å²) in [5, 5.41) is 3.35. The van der Waals surface area contributed by atoms with Crippen molar-refractivity contribution >= 4 is 0 Å². The van der Waals surface area contributed by atoms with Gasteiger partial charge in [-0.05, 0) is 27.2 Å². The minimum Gasteiger partial charge on any atom is -0.324 e. The summed E-state index contributed by atoms with van der Waals surface area (Å²) in [6.07, 6.45) is 1.16.